The summed E-state index contributed by atoms with van der Waals surface area (Å²) in [5.41, 5.74) is 0. The van der Waals surface area contributed by atoms with Crippen LogP contribution in [-0.2, 0) is 0 Å². The van der Waals surface area contributed by atoms with Crippen molar-refractivity contribution in [2.45, 2.75) is 25.7 Å². The Morgan fingerprint density at radius 3 is 1.00 bits per heavy atom. The number of hydrogen-bond acceptors (Lipinski definition) is 0. The zero-order chi connectivity index (χ0) is 4.83. The van der Waals surface area contributed by atoms with Gasteiger partial charge in [0.1, 0.15) is 0 Å². The van der Waals surface area contributed by atoms with Crippen LogP contribution in [0.4, 0.5) is 0 Å². The normalized spacial score (nSPS) is 5.40. The molecule has 0 aliphatic carbocycles. The summed E-state index contributed by atoms with van der Waals surface area (Å²) in [6.07, 6.45) is 4.61. The fourth-order valence-electron chi connectivity index (χ4n) is 0.354. The molecule has 0 aromatic carbocycles. The summed E-state index contributed by atoms with van der Waals surface area (Å²) < 4.78 is 0. The Labute approximate surface area is 154 Å². The predicted molar refractivity (Wildman–Crippen MR) is 40.7 cm³/mol. The van der Waals surface area contributed by atoms with Gasteiger partial charge in [0.15, 0.2) is 0 Å². The Morgan fingerprint density at radius 1 is 0.700 bits per heavy atom. The third-order valence-corrected chi connectivity index (χ3v) is 0.750. The maximum absolute atomic E-state index is 3.70. The second-order valence-electron chi connectivity index (χ2n) is 1.41. The molecule has 0 aromatic heterocycles. The molecule has 10 heavy (non-hydrogen) atoms. The zero-order valence-corrected chi connectivity index (χ0v) is 16.2. The van der Waals surface area contributed by atoms with Crippen LogP contribution < -0.4 is 59.1 Å². The van der Waals surface area contributed by atoms with Crippen molar-refractivity contribution in [2.75, 3.05) is 0 Å². The summed E-state index contributed by atoms with van der Waals surface area (Å²) in [5.74, 6) is 0. The molecular formula is C6H12Na4. The standard InChI is InChI=1S/C6H12.4Na/c1-3-5-6-4-2;;;;/h1-6H2;;;;/q-2;;;2*+1. The molecule has 0 aliphatic rings. The van der Waals surface area contributed by atoms with Crippen LogP contribution in [0.25, 0.3) is 0 Å². The first-order valence-electron chi connectivity index (χ1n) is 2.50. The van der Waals surface area contributed by atoms with Gasteiger partial charge in [-0.15, -0.1) is 0 Å². The Bertz CT molecular complexity index is 21.7. The number of unbranched alkanes of at least 4 members (excludes halogenated alkanes) is 3. The summed E-state index contributed by atoms with van der Waals surface area (Å²) >= 11 is 0. The van der Waals surface area contributed by atoms with E-state index in [0.717, 1.165) is 12.8 Å². The van der Waals surface area contributed by atoms with Gasteiger partial charge in [-0.3, -0.25) is 0 Å². The Balaban J connectivity index is -0.0000000208. The van der Waals surface area contributed by atoms with Crippen molar-refractivity contribution in [3.63, 3.8) is 0 Å². The zero-order valence-electron chi connectivity index (χ0n) is 8.24. The van der Waals surface area contributed by atoms with Gasteiger partial charge in [0, 0.05) is 59.1 Å². The Kier molecular flexibility index (Phi) is 85.4. The molecular weight excluding hydrogens is 164 g/mol. The fourth-order valence-corrected chi connectivity index (χ4v) is 0.354. The topological polar surface area (TPSA) is 0 Å². The molecule has 0 aliphatic heterocycles. The quantitative estimate of drug-likeness (QED) is 0.231. The minimum Gasteiger partial charge on any atom is -0.343 e. The summed E-state index contributed by atoms with van der Waals surface area (Å²) in [7, 11) is 0. The average molecular weight is 176 g/mol. The second-order valence-corrected chi connectivity index (χ2v) is 1.41. The van der Waals surface area contributed by atoms with Crippen LogP contribution in [0.3, 0.4) is 0 Å². The predicted octanol–water partition coefficient (Wildman–Crippen LogP) is -4.54. The minimum atomic E-state index is 0. The van der Waals surface area contributed by atoms with E-state index in [1.54, 1.807) is 0 Å². The molecule has 0 atom stereocenters. The van der Waals surface area contributed by atoms with Crippen molar-refractivity contribution in [3.8, 4) is 0 Å². The van der Waals surface area contributed by atoms with E-state index in [9.17, 15) is 0 Å². The van der Waals surface area contributed by atoms with Crippen LogP contribution in [0.1, 0.15) is 25.7 Å². The average Bonchev–Trinajstić information content (AvgIpc) is 1.61. The third kappa shape index (κ3) is 29.6. The van der Waals surface area contributed by atoms with E-state index in [-0.39, 0.29) is 118 Å². The van der Waals surface area contributed by atoms with Crippen molar-refractivity contribution in [3.05, 3.63) is 13.8 Å². The third-order valence-electron chi connectivity index (χ3n) is 0.750. The monoisotopic (exact) mass is 176 g/mol. The molecule has 0 nitrogen and oxygen atoms in total. The van der Waals surface area contributed by atoms with Gasteiger partial charge in [-0.2, -0.15) is 12.8 Å². The number of rotatable bonds is 3. The second kappa shape index (κ2) is 29.2. The first-order chi connectivity index (χ1) is 2.91. The van der Waals surface area contributed by atoms with Crippen LogP contribution >= 0.6 is 0 Å². The molecule has 0 bridgehead atoms. The molecule has 0 unspecified atom stereocenters. The molecule has 0 aromatic rings. The van der Waals surface area contributed by atoms with Gasteiger partial charge >= 0.3 is 59.1 Å². The molecule has 0 spiro atoms. The van der Waals surface area contributed by atoms with E-state index < -0.39 is 0 Å². The van der Waals surface area contributed by atoms with Gasteiger partial charge in [0.25, 0.3) is 0 Å². The van der Waals surface area contributed by atoms with Gasteiger partial charge in [-0.1, -0.05) is 12.8 Å². The Hall–Kier alpha value is 4.00. The molecule has 40 valence electrons. The van der Waals surface area contributed by atoms with Crippen LogP contribution in [0.5, 0.6) is 0 Å². The van der Waals surface area contributed by atoms with Crippen LogP contribution in [0.2, 0.25) is 0 Å². The van der Waals surface area contributed by atoms with Crippen molar-refractivity contribution >= 4 is 59.1 Å². The fraction of sp³-hybridized carbons (Fsp3) is 0.667. The minimum absolute atomic E-state index is 0. The smallest absolute Gasteiger partial charge is 0.343 e. The maximum Gasteiger partial charge on any atom is 1.00 e. The molecule has 0 heterocycles. The van der Waals surface area contributed by atoms with E-state index in [1.807, 2.05) is 0 Å². The van der Waals surface area contributed by atoms with Crippen LogP contribution in [0, 0.1) is 13.8 Å². The van der Waals surface area contributed by atoms with Crippen LogP contribution in [-0.4, -0.2) is 59.1 Å². The van der Waals surface area contributed by atoms with Crippen molar-refractivity contribution in [1.82, 2.24) is 0 Å². The van der Waals surface area contributed by atoms with E-state index >= 15 is 0 Å². The van der Waals surface area contributed by atoms with Gasteiger partial charge in [0.05, 0.1) is 0 Å². The summed E-state index contributed by atoms with van der Waals surface area (Å²) in [5, 5.41) is 0. The van der Waals surface area contributed by atoms with Gasteiger partial charge in [-0.05, 0) is 0 Å². The summed E-state index contributed by atoms with van der Waals surface area (Å²) in [6, 6.07) is 0. The largest absolute Gasteiger partial charge is 1.00 e. The molecule has 0 rings (SSSR count). The molecule has 2 radical (unpaired) electrons. The van der Waals surface area contributed by atoms with Crippen LogP contribution in [0.15, 0.2) is 0 Å². The van der Waals surface area contributed by atoms with Crippen molar-refractivity contribution in [2.24, 2.45) is 0 Å². The van der Waals surface area contributed by atoms with Gasteiger partial charge < -0.3 is 13.8 Å². The summed E-state index contributed by atoms with van der Waals surface area (Å²) in [4.78, 5) is 0. The maximum atomic E-state index is 3.70. The summed E-state index contributed by atoms with van der Waals surface area (Å²) in [6.45, 7) is 7.39. The van der Waals surface area contributed by atoms with Crippen molar-refractivity contribution < 1.29 is 59.1 Å². The molecule has 0 N–H and O–H groups in total. The first kappa shape index (κ1) is 29.2. The van der Waals surface area contributed by atoms with Gasteiger partial charge in [0.2, 0.25) is 0 Å². The molecule has 4 heteroatoms. The van der Waals surface area contributed by atoms with E-state index in [2.05, 4.69) is 13.8 Å². The van der Waals surface area contributed by atoms with E-state index in [0.29, 0.717) is 0 Å². The molecule has 0 fully saturated rings. The molecule has 0 saturated carbocycles. The SMILES string of the molecule is [CH2-]CCCC[CH2-].[Na+].[Na+].[Na].[Na]. The first-order valence-corrected chi connectivity index (χ1v) is 2.50. The number of hydrogen-bond donors (Lipinski definition) is 0. The Morgan fingerprint density at radius 2 is 0.900 bits per heavy atom. The molecule has 0 saturated heterocycles. The van der Waals surface area contributed by atoms with Crippen molar-refractivity contribution in [1.29, 1.82) is 0 Å². The van der Waals surface area contributed by atoms with E-state index in [1.165, 1.54) is 12.8 Å². The van der Waals surface area contributed by atoms with E-state index in [4.69, 9.17) is 0 Å². The van der Waals surface area contributed by atoms with Gasteiger partial charge in [-0.25, -0.2) is 0 Å². The molecule has 0 amide bonds.